The Labute approximate surface area is 125 Å². The van der Waals surface area contributed by atoms with Gasteiger partial charge in [0.25, 0.3) is 0 Å². The Kier molecular flexibility index (Phi) is 3.93. The second-order valence-corrected chi connectivity index (χ2v) is 5.19. The Bertz CT molecular complexity index is 746. The van der Waals surface area contributed by atoms with Gasteiger partial charge in [0.1, 0.15) is 5.75 Å². The maximum atomic E-state index is 5.62. The molecule has 0 amide bonds. The number of rotatable bonds is 5. The largest absolute Gasteiger partial charge is 0.496 e. The van der Waals surface area contributed by atoms with Crippen molar-refractivity contribution in [3.05, 3.63) is 65.9 Å². The summed E-state index contributed by atoms with van der Waals surface area (Å²) in [6.45, 7) is 1.50. The Morgan fingerprint density at radius 1 is 1.10 bits per heavy atom. The van der Waals surface area contributed by atoms with Gasteiger partial charge >= 0.3 is 0 Å². The molecule has 1 aromatic heterocycles. The zero-order valence-corrected chi connectivity index (χ0v) is 12.3. The number of aromatic nitrogens is 1. The number of ether oxygens (including phenoxy) is 1. The number of nitrogens with zero attached hydrogens (tertiary/aromatic N) is 1. The van der Waals surface area contributed by atoms with E-state index in [0.717, 1.165) is 18.7 Å². The van der Waals surface area contributed by atoms with Crippen molar-refractivity contribution in [2.24, 2.45) is 5.73 Å². The van der Waals surface area contributed by atoms with Crippen LogP contribution in [0.5, 0.6) is 5.75 Å². The van der Waals surface area contributed by atoms with E-state index in [9.17, 15) is 0 Å². The van der Waals surface area contributed by atoms with Gasteiger partial charge in [0.15, 0.2) is 0 Å². The van der Waals surface area contributed by atoms with Gasteiger partial charge in [0, 0.05) is 17.3 Å². The molecule has 2 aromatic carbocycles. The number of nitrogens with two attached hydrogens (primary N) is 1. The highest BCUT2D eigenvalue weighted by molar-refractivity contribution is 5.81. The number of fused-ring (bicyclic) bond motifs is 1. The molecular formula is C18H20N2O. The van der Waals surface area contributed by atoms with E-state index in [1.54, 1.807) is 7.11 Å². The quantitative estimate of drug-likeness (QED) is 0.779. The molecule has 0 atom stereocenters. The third kappa shape index (κ3) is 2.78. The summed E-state index contributed by atoms with van der Waals surface area (Å²) in [4.78, 5) is 0. The van der Waals surface area contributed by atoms with Gasteiger partial charge in [-0.05, 0) is 48.2 Å². The van der Waals surface area contributed by atoms with Crippen LogP contribution in [0.3, 0.4) is 0 Å². The Morgan fingerprint density at radius 3 is 2.76 bits per heavy atom. The van der Waals surface area contributed by atoms with Crippen LogP contribution in [-0.2, 0) is 13.0 Å². The highest BCUT2D eigenvalue weighted by Crippen LogP contribution is 2.23. The maximum Gasteiger partial charge on any atom is 0.123 e. The first-order valence-electron chi connectivity index (χ1n) is 7.21. The molecule has 21 heavy (non-hydrogen) atoms. The van der Waals surface area contributed by atoms with Crippen LogP contribution in [0.25, 0.3) is 10.9 Å². The van der Waals surface area contributed by atoms with Gasteiger partial charge in [-0.2, -0.15) is 0 Å². The average Bonchev–Trinajstić information content (AvgIpc) is 2.91. The van der Waals surface area contributed by atoms with Crippen molar-refractivity contribution in [3.63, 3.8) is 0 Å². The van der Waals surface area contributed by atoms with Gasteiger partial charge in [-0.3, -0.25) is 0 Å². The SMILES string of the molecule is COc1ccccc1Cn1ccc2cc(CCN)ccc21. The lowest BCUT2D eigenvalue weighted by atomic mass is 10.1. The van der Waals surface area contributed by atoms with Crippen LogP contribution in [0.15, 0.2) is 54.7 Å². The molecule has 3 aromatic rings. The van der Waals surface area contributed by atoms with Crippen LogP contribution >= 0.6 is 0 Å². The fourth-order valence-electron chi connectivity index (χ4n) is 2.73. The molecule has 0 spiro atoms. The van der Waals surface area contributed by atoms with Crippen molar-refractivity contribution < 1.29 is 4.74 Å². The van der Waals surface area contributed by atoms with Crippen molar-refractivity contribution in [1.82, 2.24) is 4.57 Å². The molecule has 2 N–H and O–H groups in total. The van der Waals surface area contributed by atoms with Crippen molar-refractivity contribution in [2.45, 2.75) is 13.0 Å². The lowest BCUT2D eigenvalue weighted by molar-refractivity contribution is 0.408. The first-order valence-corrected chi connectivity index (χ1v) is 7.21. The summed E-state index contributed by atoms with van der Waals surface area (Å²) in [7, 11) is 1.71. The highest BCUT2D eigenvalue weighted by Gasteiger charge is 2.06. The summed E-state index contributed by atoms with van der Waals surface area (Å²) >= 11 is 0. The van der Waals surface area contributed by atoms with Gasteiger partial charge in [0.05, 0.1) is 13.7 Å². The summed E-state index contributed by atoms with van der Waals surface area (Å²) in [5.74, 6) is 0.930. The van der Waals surface area contributed by atoms with Gasteiger partial charge in [-0.15, -0.1) is 0 Å². The highest BCUT2D eigenvalue weighted by atomic mass is 16.5. The average molecular weight is 280 g/mol. The smallest absolute Gasteiger partial charge is 0.123 e. The molecule has 3 rings (SSSR count). The number of hydrogen-bond donors (Lipinski definition) is 1. The van der Waals surface area contributed by atoms with Crippen molar-refractivity contribution in [2.75, 3.05) is 13.7 Å². The minimum Gasteiger partial charge on any atom is -0.496 e. The first kappa shape index (κ1) is 13.7. The van der Waals surface area contributed by atoms with Crippen LogP contribution in [0.2, 0.25) is 0 Å². The minimum absolute atomic E-state index is 0.688. The molecule has 0 aliphatic carbocycles. The molecule has 108 valence electrons. The second-order valence-electron chi connectivity index (χ2n) is 5.19. The van der Waals surface area contributed by atoms with Crippen molar-refractivity contribution in [1.29, 1.82) is 0 Å². The topological polar surface area (TPSA) is 40.2 Å². The Balaban J connectivity index is 1.94. The molecule has 3 heteroatoms. The third-order valence-electron chi connectivity index (χ3n) is 3.80. The molecule has 0 aliphatic rings. The lowest BCUT2D eigenvalue weighted by Gasteiger charge is -2.10. The van der Waals surface area contributed by atoms with Crippen molar-refractivity contribution in [3.8, 4) is 5.75 Å². The van der Waals surface area contributed by atoms with Crippen LogP contribution in [0.4, 0.5) is 0 Å². The zero-order chi connectivity index (χ0) is 14.7. The summed E-state index contributed by atoms with van der Waals surface area (Å²) in [6.07, 6.45) is 3.05. The van der Waals surface area contributed by atoms with E-state index >= 15 is 0 Å². The van der Waals surface area contributed by atoms with E-state index in [1.807, 2.05) is 18.2 Å². The van der Waals surface area contributed by atoms with Crippen LogP contribution < -0.4 is 10.5 Å². The molecule has 0 unspecified atom stereocenters. The number of benzene rings is 2. The number of methoxy groups -OCH3 is 1. The van der Waals surface area contributed by atoms with E-state index in [4.69, 9.17) is 10.5 Å². The van der Waals surface area contributed by atoms with E-state index in [0.29, 0.717) is 6.54 Å². The first-order chi connectivity index (χ1) is 10.3. The van der Waals surface area contributed by atoms with Gasteiger partial charge in [0.2, 0.25) is 0 Å². The maximum absolute atomic E-state index is 5.62. The standard InChI is InChI=1S/C18H20N2O/c1-21-18-5-3-2-4-16(18)13-20-11-9-15-12-14(8-10-19)6-7-17(15)20/h2-7,9,11-12H,8,10,13,19H2,1H3. The molecule has 0 aliphatic heterocycles. The van der Waals surface area contributed by atoms with Gasteiger partial charge in [-0.1, -0.05) is 24.3 Å². The van der Waals surface area contributed by atoms with E-state index < -0.39 is 0 Å². The van der Waals surface area contributed by atoms with E-state index in [1.165, 1.54) is 22.0 Å². The van der Waals surface area contributed by atoms with E-state index in [-0.39, 0.29) is 0 Å². The second kappa shape index (κ2) is 6.02. The Morgan fingerprint density at radius 2 is 1.95 bits per heavy atom. The summed E-state index contributed by atoms with van der Waals surface area (Å²) in [5.41, 5.74) is 9.34. The molecule has 0 fully saturated rings. The fraction of sp³-hybridized carbons (Fsp3) is 0.222. The van der Waals surface area contributed by atoms with Gasteiger partial charge < -0.3 is 15.0 Å². The third-order valence-corrected chi connectivity index (χ3v) is 3.80. The van der Waals surface area contributed by atoms with E-state index in [2.05, 4.69) is 41.1 Å². The zero-order valence-electron chi connectivity index (χ0n) is 12.3. The van der Waals surface area contributed by atoms with Crippen LogP contribution in [-0.4, -0.2) is 18.2 Å². The van der Waals surface area contributed by atoms with Crippen molar-refractivity contribution >= 4 is 10.9 Å². The molecular weight excluding hydrogens is 260 g/mol. The molecule has 0 bridgehead atoms. The molecule has 0 radical (unpaired) electrons. The predicted octanol–water partition coefficient (Wildman–Crippen LogP) is 3.20. The summed E-state index contributed by atoms with van der Waals surface area (Å²) < 4.78 is 7.68. The number of hydrogen-bond acceptors (Lipinski definition) is 2. The molecule has 3 nitrogen and oxygen atoms in total. The van der Waals surface area contributed by atoms with Crippen LogP contribution in [0.1, 0.15) is 11.1 Å². The monoisotopic (exact) mass is 280 g/mol. The lowest BCUT2D eigenvalue weighted by Crippen LogP contribution is -2.03. The Hall–Kier alpha value is -2.26. The minimum atomic E-state index is 0.688. The predicted molar refractivity (Wildman–Crippen MR) is 86.8 cm³/mol. The van der Waals surface area contributed by atoms with Crippen LogP contribution in [0, 0.1) is 0 Å². The molecule has 0 saturated heterocycles. The summed E-state index contributed by atoms with van der Waals surface area (Å²) in [6, 6.07) is 16.9. The van der Waals surface area contributed by atoms with Gasteiger partial charge in [-0.25, -0.2) is 0 Å². The molecule has 0 saturated carbocycles. The molecule has 1 heterocycles. The fourth-order valence-corrected chi connectivity index (χ4v) is 2.73. The number of para-hydroxylation sites is 1. The normalized spacial score (nSPS) is 11.0. The summed E-state index contributed by atoms with van der Waals surface area (Å²) in [5, 5.41) is 1.26.